The van der Waals surface area contributed by atoms with Crippen molar-refractivity contribution in [3.63, 3.8) is 0 Å². The summed E-state index contributed by atoms with van der Waals surface area (Å²) in [6, 6.07) is 2.11. The summed E-state index contributed by atoms with van der Waals surface area (Å²) in [4.78, 5) is 0. The summed E-state index contributed by atoms with van der Waals surface area (Å²) in [6.45, 7) is 0. The molecule has 0 aliphatic heterocycles. The largest absolute Gasteiger partial charge is 0.506 e. The maximum atomic E-state index is 13.5. The summed E-state index contributed by atoms with van der Waals surface area (Å²) in [5.74, 6) is -0.118. The quantitative estimate of drug-likeness (QED) is 0.880. The van der Waals surface area contributed by atoms with Gasteiger partial charge in [-0.3, -0.25) is 0 Å². The Balaban J connectivity index is 0.00000128. The van der Waals surface area contributed by atoms with E-state index in [0.29, 0.717) is 12.3 Å². The van der Waals surface area contributed by atoms with E-state index in [1.54, 1.807) is 0 Å². The van der Waals surface area contributed by atoms with E-state index in [2.05, 4.69) is 0 Å². The molecule has 0 radical (unpaired) electrons. The number of nitrogens with two attached hydrogens (primary N) is 1. The third-order valence-electron chi connectivity index (χ3n) is 2.77. The zero-order valence-electron chi connectivity index (χ0n) is 8.62. The molecule has 3 N–H and O–H groups in total. The lowest BCUT2D eigenvalue weighted by molar-refractivity contribution is 0.441. The van der Waals surface area contributed by atoms with Crippen molar-refractivity contribution in [2.45, 2.75) is 25.3 Å². The first kappa shape index (κ1) is 13.6. The fourth-order valence-electron chi connectivity index (χ4n) is 1.74. The van der Waals surface area contributed by atoms with Crippen molar-refractivity contribution in [2.75, 3.05) is 0 Å². The Morgan fingerprint density at radius 1 is 1.50 bits per heavy atom. The third-order valence-corrected chi connectivity index (χ3v) is 3.07. The summed E-state index contributed by atoms with van der Waals surface area (Å²) < 4.78 is 13.5. The standard InChI is InChI=1S/C11H13ClFNO.ClH/c12-7-3-4-8(13)10(11(7)15)9(14)5-6-1-2-6;/h3-4,6,9,15H,1-2,5,14H2;1H/t9-;/m1./s1. The second kappa shape index (κ2) is 5.21. The van der Waals surface area contributed by atoms with Crippen molar-refractivity contribution in [1.82, 2.24) is 0 Å². The van der Waals surface area contributed by atoms with Crippen molar-refractivity contribution in [3.05, 3.63) is 28.5 Å². The van der Waals surface area contributed by atoms with Crippen LogP contribution in [0.15, 0.2) is 12.1 Å². The molecule has 5 heteroatoms. The zero-order chi connectivity index (χ0) is 11.0. The molecule has 1 saturated carbocycles. The van der Waals surface area contributed by atoms with Crippen LogP contribution in [0.4, 0.5) is 4.39 Å². The van der Waals surface area contributed by atoms with E-state index < -0.39 is 11.9 Å². The minimum absolute atomic E-state index is 0. The molecule has 2 rings (SSSR count). The van der Waals surface area contributed by atoms with Crippen LogP contribution in [-0.4, -0.2) is 5.11 Å². The normalized spacial score (nSPS) is 16.7. The van der Waals surface area contributed by atoms with Crippen LogP contribution in [-0.2, 0) is 0 Å². The summed E-state index contributed by atoms with van der Waals surface area (Å²) in [5.41, 5.74) is 6.00. The third kappa shape index (κ3) is 2.78. The molecule has 0 aromatic heterocycles. The fraction of sp³-hybridized carbons (Fsp3) is 0.455. The smallest absolute Gasteiger partial charge is 0.141 e. The van der Waals surface area contributed by atoms with Gasteiger partial charge in [-0.25, -0.2) is 4.39 Å². The maximum Gasteiger partial charge on any atom is 0.141 e. The van der Waals surface area contributed by atoms with E-state index in [9.17, 15) is 9.50 Å². The van der Waals surface area contributed by atoms with Crippen molar-refractivity contribution < 1.29 is 9.50 Å². The van der Waals surface area contributed by atoms with Gasteiger partial charge < -0.3 is 10.8 Å². The van der Waals surface area contributed by atoms with Crippen molar-refractivity contribution in [2.24, 2.45) is 11.7 Å². The lowest BCUT2D eigenvalue weighted by Gasteiger charge is -2.14. The number of phenols is 1. The first-order valence-electron chi connectivity index (χ1n) is 5.02. The van der Waals surface area contributed by atoms with E-state index >= 15 is 0 Å². The molecule has 1 fully saturated rings. The minimum atomic E-state index is -0.481. The van der Waals surface area contributed by atoms with Gasteiger partial charge in [-0.15, -0.1) is 12.4 Å². The molecule has 1 aliphatic carbocycles. The van der Waals surface area contributed by atoms with Gasteiger partial charge in [0.25, 0.3) is 0 Å². The average molecular weight is 266 g/mol. The first-order chi connectivity index (χ1) is 7.09. The highest BCUT2D eigenvalue weighted by Gasteiger charge is 2.27. The van der Waals surface area contributed by atoms with E-state index in [1.165, 1.54) is 12.1 Å². The Morgan fingerprint density at radius 3 is 2.69 bits per heavy atom. The van der Waals surface area contributed by atoms with E-state index in [1.807, 2.05) is 0 Å². The first-order valence-corrected chi connectivity index (χ1v) is 5.40. The topological polar surface area (TPSA) is 46.2 Å². The molecule has 1 aromatic carbocycles. The van der Waals surface area contributed by atoms with E-state index in [0.717, 1.165) is 12.8 Å². The second-order valence-electron chi connectivity index (χ2n) is 4.08. The number of rotatable bonds is 3. The molecule has 0 amide bonds. The molecule has 90 valence electrons. The predicted molar refractivity (Wildman–Crippen MR) is 64.6 cm³/mol. The fourth-order valence-corrected chi connectivity index (χ4v) is 1.90. The van der Waals surface area contributed by atoms with Crippen LogP contribution in [0.3, 0.4) is 0 Å². The molecule has 0 spiro atoms. The van der Waals surface area contributed by atoms with Crippen LogP contribution in [0.5, 0.6) is 5.75 Å². The van der Waals surface area contributed by atoms with Gasteiger partial charge in [-0.05, 0) is 24.5 Å². The van der Waals surface area contributed by atoms with Crippen molar-refractivity contribution >= 4 is 24.0 Å². The predicted octanol–water partition coefficient (Wildman–Crippen LogP) is 3.41. The van der Waals surface area contributed by atoms with E-state index in [-0.39, 0.29) is 28.7 Å². The average Bonchev–Trinajstić information content (AvgIpc) is 2.96. The van der Waals surface area contributed by atoms with Crippen LogP contribution in [0, 0.1) is 11.7 Å². The molecule has 0 heterocycles. The molecular weight excluding hydrogens is 252 g/mol. The van der Waals surface area contributed by atoms with Crippen LogP contribution in [0.25, 0.3) is 0 Å². The highest BCUT2D eigenvalue weighted by molar-refractivity contribution is 6.32. The Kier molecular flexibility index (Phi) is 4.42. The van der Waals surface area contributed by atoms with Gasteiger partial charge in [-0.1, -0.05) is 24.4 Å². The number of hydrogen-bond acceptors (Lipinski definition) is 2. The molecule has 1 aliphatic rings. The van der Waals surface area contributed by atoms with Gasteiger partial charge in [-0.2, -0.15) is 0 Å². The highest BCUT2D eigenvalue weighted by atomic mass is 35.5. The molecule has 0 unspecified atom stereocenters. The summed E-state index contributed by atoms with van der Waals surface area (Å²) in [7, 11) is 0. The van der Waals surface area contributed by atoms with Gasteiger partial charge in [0.15, 0.2) is 0 Å². The maximum absolute atomic E-state index is 13.5. The number of halogens is 3. The molecule has 0 saturated heterocycles. The van der Waals surface area contributed by atoms with Gasteiger partial charge in [0.1, 0.15) is 11.6 Å². The number of aromatic hydroxyl groups is 1. The molecule has 0 bridgehead atoms. The highest BCUT2D eigenvalue weighted by Crippen LogP contribution is 2.40. The number of benzene rings is 1. The Hall–Kier alpha value is -0.510. The zero-order valence-corrected chi connectivity index (χ0v) is 10.2. The van der Waals surface area contributed by atoms with Gasteiger partial charge in [0.05, 0.1) is 5.02 Å². The SMILES string of the molecule is Cl.N[C@H](CC1CC1)c1c(F)ccc(Cl)c1O. The van der Waals surface area contributed by atoms with Gasteiger partial charge >= 0.3 is 0 Å². The van der Waals surface area contributed by atoms with Gasteiger partial charge in [0, 0.05) is 11.6 Å². The molecule has 16 heavy (non-hydrogen) atoms. The lowest BCUT2D eigenvalue weighted by Crippen LogP contribution is -2.13. The lowest BCUT2D eigenvalue weighted by atomic mass is 10.0. The number of phenolic OH excluding ortho intramolecular Hbond substituents is 1. The van der Waals surface area contributed by atoms with Crippen LogP contribution in [0.1, 0.15) is 30.9 Å². The summed E-state index contributed by atoms with van der Waals surface area (Å²) in [5, 5.41) is 9.78. The van der Waals surface area contributed by atoms with Gasteiger partial charge in [0.2, 0.25) is 0 Å². The Bertz CT molecular complexity index is 382. The molecule has 2 nitrogen and oxygen atoms in total. The minimum Gasteiger partial charge on any atom is -0.506 e. The molecule has 1 atom stereocenters. The van der Waals surface area contributed by atoms with E-state index in [4.69, 9.17) is 17.3 Å². The van der Waals surface area contributed by atoms with Crippen LogP contribution in [0.2, 0.25) is 5.02 Å². The molecule has 1 aromatic rings. The number of hydrogen-bond donors (Lipinski definition) is 2. The van der Waals surface area contributed by atoms with Crippen LogP contribution >= 0.6 is 24.0 Å². The Labute approximate surface area is 105 Å². The second-order valence-corrected chi connectivity index (χ2v) is 4.48. The molecular formula is C11H14Cl2FNO. The summed E-state index contributed by atoms with van der Waals surface area (Å²) >= 11 is 5.71. The monoisotopic (exact) mass is 265 g/mol. The summed E-state index contributed by atoms with van der Waals surface area (Å²) in [6.07, 6.45) is 3.01. The van der Waals surface area contributed by atoms with Crippen molar-refractivity contribution in [3.8, 4) is 5.75 Å². The van der Waals surface area contributed by atoms with Crippen LogP contribution < -0.4 is 5.73 Å². The Morgan fingerprint density at radius 2 is 2.12 bits per heavy atom. The van der Waals surface area contributed by atoms with Crippen molar-refractivity contribution in [1.29, 1.82) is 0 Å².